The van der Waals surface area contributed by atoms with Gasteiger partial charge < -0.3 is 10.0 Å². The zero-order valence-corrected chi connectivity index (χ0v) is 15.2. The molecule has 1 aliphatic heterocycles. The van der Waals surface area contributed by atoms with Gasteiger partial charge in [0.2, 0.25) is 0 Å². The molecule has 2 aromatic heterocycles. The molecule has 1 aliphatic rings. The van der Waals surface area contributed by atoms with Crippen LogP contribution in [0.2, 0.25) is 0 Å². The number of hydrogen-bond donors (Lipinski definition) is 1. The summed E-state index contributed by atoms with van der Waals surface area (Å²) in [5, 5.41) is 10.8. The molecule has 3 heterocycles. The van der Waals surface area contributed by atoms with Crippen molar-refractivity contribution < 1.29 is 19.1 Å². The second-order valence-corrected chi connectivity index (χ2v) is 6.54. The maximum Gasteiger partial charge on any atom is 0.296 e. The molecule has 1 aromatic carbocycles. The largest absolute Gasteiger partial charge is 0.507 e. The smallest absolute Gasteiger partial charge is 0.296 e. The normalized spacial score (nSPS) is 18.2. The average molecular weight is 389 g/mol. The maximum absolute atomic E-state index is 13.3. The number of benzene rings is 1. The van der Waals surface area contributed by atoms with E-state index in [1.54, 1.807) is 48.9 Å². The van der Waals surface area contributed by atoms with Gasteiger partial charge in [0, 0.05) is 24.2 Å². The van der Waals surface area contributed by atoms with E-state index in [0.717, 1.165) is 0 Å². The fourth-order valence-corrected chi connectivity index (χ4v) is 3.36. The van der Waals surface area contributed by atoms with E-state index in [4.69, 9.17) is 0 Å². The van der Waals surface area contributed by atoms with Gasteiger partial charge in [-0.25, -0.2) is 4.39 Å². The highest BCUT2D eigenvalue weighted by Gasteiger charge is 2.46. The third kappa shape index (κ3) is 3.50. The number of pyridine rings is 2. The zero-order valence-electron chi connectivity index (χ0n) is 15.2. The molecule has 144 valence electrons. The van der Waals surface area contributed by atoms with Gasteiger partial charge in [0.05, 0.1) is 23.9 Å². The zero-order chi connectivity index (χ0) is 20.4. The first-order chi connectivity index (χ1) is 14.1. The van der Waals surface area contributed by atoms with Crippen molar-refractivity contribution in [2.75, 3.05) is 0 Å². The van der Waals surface area contributed by atoms with Gasteiger partial charge in [-0.3, -0.25) is 19.6 Å². The second kappa shape index (κ2) is 7.63. The van der Waals surface area contributed by atoms with Crippen molar-refractivity contribution in [2.45, 2.75) is 12.6 Å². The van der Waals surface area contributed by atoms with Crippen molar-refractivity contribution in [2.24, 2.45) is 0 Å². The summed E-state index contributed by atoms with van der Waals surface area (Å²) in [5.41, 5.74) is 1.36. The Morgan fingerprint density at radius 3 is 2.48 bits per heavy atom. The molecular formula is C22H16FN3O3. The Balaban J connectivity index is 1.85. The Kier molecular flexibility index (Phi) is 4.87. The molecule has 1 fully saturated rings. The summed E-state index contributed by atoms with van der Waals surface area (Å²) >= 11 is 0. The number of hydrogen-bond acceptors (Lipinski definition) is 5. The van der Waals surface area contributed by atoms with Crippen molar-refractivity contribution in [1.29, 1.82) is 0 Å². The number of Topliss-reactive ketones (excluding diaryl/α,β-unsaturated/α-hetero) is 1. The lowest BCUT2D eigenvalue weighted by atomic mass is 9.96. The van der Waals surface area contributed by atoms with Crippen LogP contribution in [-0.2, 0) is 16.1 Å². The highest BCUT2D eigenvalue weighted by atomic mass is 19.1. The monoisotopic (exact) mass is 389 g/mol. The molecule has 1 saturated heterocycles. The Morgan fingerprint density at radius 1 is 1.03 bits per heavy atom. The summed E-state index contributed by atoms with van der Waals surface area (Å²) in [6.45, 7) is 0.0885. The quantitative estimate of drug-likeness (QED) is 0.421. The standard InChI is InChI=1S/C22H16FN3O3/c23-16-8-6-14(7-9-16)20(27)18-19(15-4-3-10-24-12-15)26(22(29)21(18)28)13-17-5-1-2-11-25-17/h1-12,19,27H,13H2/b20-18+. The average Bonchev–Trinajstić information content (AvgIpc) is 3.00. The summed E-state index contributed by atoms with van der Waals surface area (Å²) in [4.78, 5) is 35.3. The van der Waals surface area contributed by atoms with Crippen LogP contribution in [0.25, 0.3) is 5.76 Å². The number of aliphatic hydroxyl groups is 1. The fourth-order valence-electron chi connectivity index (χ4n) is 3.36. The summed E-state index contributed by atoms with van der Waals surface area (Å²) < 4.78 is 13.3. The summed E-state index contributed by atoms with van der Waals surface area (Å²) in [7, 11) is 0. The molecule has 29 heavy (non-hydrogen) atoms. The van der Waals surface area contributed by atoms with Gasteiger partial charge in [-0.15, -0.1) is 0 Å². The molecular weight excluding hydrogens is 373 g/mol. The van der Waals surface area contributed by atoms with E-state index in [9.17, 15) is 19.1 Å². The Bertz CT molecular complexity index is 1080. The van der Waals surface area contributed by atoms with E-state index in [-0.39, 0.29) is 23.4 Å². The SMILES string of the molecule is O=C1C(=O)N(Cc2ccccn2)C(c2cccnc2)/C1=C(\O)c1ccc(F)cc1. The second-order valence-electron chi connectivity index (χ2n) is 6.54. The van der Waals surface area contributed by atoms with Gasteiger partial charge in [-0.1, -0.05) is 12.1 Å². The van der Waals surface area contributed by atoms with Crippen LogP contribution in [0.4, 0.5) is 4.39 Å². The first-order valence-corrected chi connectivity index (χ1v) is 8.90. The van der Waals surface area contributed by atoms with E-state index in [0.29, 0.717) is 11.3 Å². The van der Waals surface area contributed by atoms with Crippen LogP contribution >= 0.6 is 0 Å². The predicted molar refractivity (Wildman–Crippen MR) is 103 cm³/mol. The number of halogens is 1. The molecule has 0 saturated carbocycles. The lowest BCUT2D eigenvalue weighted by Gasteiger charge is -2.24. The highest BCUT2D eigenvalue weighted by molar-refractivity contribution is 6.46. The molecule has 1 N–H and O–H groups in total. The molecule has 0 spiro atoms. The predicted octanol–water partition coefficient (Wildman–Crippen LogP) is 3.24. The van der Waals surface area contributed by atoms with Crippen molar-refractivity contribution >= 4 is 17.4 Å². The molecule has 1 amide bonds. The fraction of sp³-hybridized carbons (Fsp3) is 0.0909. The molecule has 3 aromatic rings. The molecule has 0 radical (unpaired) electrons. The van der Waals surface area contributed by atoms with Gasteiger partial charge in [0.15, 0.2) is 0 Å². The number of aromatic nitrogens is 2. The minimum absolute atomic E-state index is 0.0643. The van der Waals surface area contributed by atoms with Gasteiger partial charge in [-0.05, 0) is 48.0 Å². The van der Waals surface area contributed by atoms with E-state index < -0.39 is 23.5 Å². The van der Waals surface area contributed by atoms with Gasteiger partial charge in [0.1, 0.15) is 11.6 Å². The summed E-state index contributed by atoms with van der Waals surface area (Å²) in [6.07, 6.45) is 4.72. The van der Waals surface area contributed by atoms with Crippen molar-refractivity contribution in [1.82, 2.24) is 14.9 Å². The summed E-state index contributed by atoms with van der Waals surface area (Å²) in [6, 6.07) is 12.9. The number of aliphatic hydroxyl groups excluding tert-OH is 1. The number of carbonyl (C=O) groups excluding carboxylic acids is 2. The Labute approximate surface area is 166 Å². The van der Waals surface area contributed by atoms with Crippen molar-refractivity contribution in [3.63, 3.8) is 0 Å². The van der Waals surface area contributed by atoms with E-state index in [2.05, 4.69) is 9.97 Å². The molecule has 6 nitrogen and oxygen atoms in total. The van der Waals surface area contributed by atoms with Gasteiger partial charge in [0.25, 0.3) is 11.7 Å². The van der Waals surface area contributed by atoms with Gasteiger partial charge in [-0.2, -0.15) is 0 Å². The highest BCUT2D eigenvalue weighted by Crippen LogP contribution is 2.39. The van der Waals surface area contributed by atoms with Crippen molar-refractivity contribution in [3.05, 3.63) is 101 Å². The lowest BCUT2D eigenvalue weighted by Crippen LogP contribution is -2.29. The van der Waals surface area contributed by atoms with Crippen LogP contribution in [0.1, 0.15) is 22.9 Å². The first kappa shape index (κ1) is 18.5. The van der Waals surface area contributed by atoms with Crippen LogP contribution < -0.4 is 0 Å². The topological polar surface area (TPSA) is 83.4 Å². The number of likely N-dealkylation sites (tertiary alicyclic amines) is 1. The van der Waals surface area contributed by atoms with Crippen molar-refractivity contribution in [3.8, 4) is 0 Å². The van der Waals surface area contributed by atoms with Crippen LogP contribution in [0.5, 0.6) is 0 Å². The van der Waals surface area contributed by atoms with Crippen LogP contribution in [0.15, 0.2) is 78.8 Å². The first-order valence-electron chi connectivity index (χ1n) is 8.90. The van der Waals surface area contributed by atoms with E-state index in [1.807, 2.05) is 0 Å². The molecule has 1 unspecified atom stereocenters. The maximum atomic E-state index is 13.3. The summed E-state index contributed by atoms with van der Waals surface area (Å²) in [5.74, 6) is -2.38. The molecule has 1 atom stereocenters. The molecule has 0 aliphatic carbocycles. The third-order valence-electron chi connectivity index (χ3n) is 4.72. The van der Waals surface area contributed by atoms with Crippen LogP contribution in [0.3, 0.4) is 0 Å². The molecule has 4 rings (SSSR count). The number of ketones is 1. The van der Waals surface area contributed by atoms with Gasteiger partial charge >= 0.3 is 0 Å². The van der Waals surface area contributed by atoms with E-state index in [1.165, 1.54) is 29.2 Å². The number of amides is 1. The van der Waals surface area contributed by atoms with Crippen LogP contribution in [-0.4, -0.2) is 31.7 Å². The minimum Gasteiger partial charge on any atom is -0.507 e. The lowest BCUT2D eigenvalue weighted by molar-refractivity contribution is -0.140. The third-order valence-corrected chi connectivity index (χ3v) is 4.72. The van der Waals surface area contributed by atoms with Crippen LogP contribution in [0, 0.1) is 5.82 Å². The molecule has 7 heteroatoms. The molecule has 0 bridgehead atoms. The van der Waals surface area contributed by atoms with E-state index >= 15 is 0 Å². The Morgan fingerprint density at radius 2 is 1.83 bits per heavy atom. The number of carbonyl (C=O) groups is 2. The number of nitrogens with zero attached hydrogens (tertiary/aromatic N) is 3. The number of rotatable bonds is 4. The Hall–Kier alpha value is -3.87. The minimum atomic E-state index is -0.837.